The average Bonchev–Trinajstić information content (AvgIpc) is 2.72. The zero-order chi connectivity index (χ0) is 16.0. The van der Waals surface area contributed by atoms with E-state index >= 15 is 0 Å². The van der Waals surface area contributed by atoms with Crippen LogP contribution in [0.3, 0.4) is 0 Å². The van der Waals surface area contributed by atoms with E-state index in [1.54, 1.807) is 6.92 Å². The number of carbonyl (C=O) groups excluding carboxylic acids is 1. The molecular weight excluding hydrogens is 302 g/mol. The van der Waals surface area contributed by atoms with Crippen LogP contribution in [0.15, 0.2) is 0 Å². The highest BCUT2D eigenvalue weighted by Crippen LogP contribution is 2.28. The molecule has 120 valence electrons. The molecule has 1 amide bonds. The van der Waals surface area contributed by atoms with Crippen molar-refractivity contribution in [2.24, 2.45) is 0 Å². The molecule has 0 radical (unpaired) electrons. The smallest absolute Gasteiger partial charge is 0.283 e. The predicted octanol–water partition coefficient (Wildman–Crippen LogP) is 2.24. The first kappa shape index (κ1) is 17.8. The van der Waals surface area contributed by atoms with E-state index in [1.807, 2.05) is 13.8 Å². The number of hydrogen-bond donors (Lipinski definition) is 1. The number of nitrogens with one attached hydrogen (secondary N) is 1. The van der Waals surface area contributed by atoms with Crippen LogP contribution in [0, 0.1) is 6.92 Å². The van der Waals surface area contributed by atoms with Gasteiger partial charge in [0.2, 0.25) is 5.91 Å². The minimum Gasteiger partial charge on any atom is -0.353 e. The summed E-state index contributed by atoms with van der Waals surface area (Å²) in [6.07, 6.45) is -2.75. The molecule has 1 rings (SSSR count). The lowest BCUT2D eigenvalue weighted by molar-refractivity contribution is -0.121. The third kappa shape index (κ3) is 4.93. The summed E-state index contributed by atoms with van der Waals surface area (Å²) in [6, 6.07) is 0. The van der Waals surface area contributed by atoms with Crippen molar-refractivity contribution in [3.8, 4) is 0 Å². The van der Waals surface area contributed by atoms with E-state index in [2.05, 4.69) is 15.3 Å². The van der Waals surface area contributed by atoms with Gasteiger partial charge in [-0.05, 0) is 20.0 Å². The Labute approximate surface area is 128 Å². The zero-order valence-electron chi connectivity index (χ0n) is 12.5. The molecule has 1 aromatic rings. The fourth-order valence-corrected chi connectivity index (χ4v) is 2.14. The molecule has 21 heavy (non-hydrogen) atoms. The van der Waals surface area contributed by atoms with Gasteiger partial charge in [-0.3, -0.25) is 9.48 Å². The van der Waals surface area contributed by atoms with Crippen LogP contribution >= 0.6 is 11.6 Å². The molecule has 1 aromatic heterocycles. The third-order valence-corrected chi connectivity index (χ3v) is 3.77. The maximum atomic E-state index is 12.7. The van der Waals surface area contributed by atoms with Crippen molar-refractivity contribution in [3.63, 3.8) is 0 Å². The average molecular weight is 323 g/mol. The molecule has 0 aliphatic rings. The zero-order valence-corrected chi connectivity index (χ0v) is 13.3. The second kappa shape index (κ2) is 8.29. The lowest BCUT2D eigenvalue weighted by Crippen LogP contribution is -2.36. The van der Waals surface area contributed by atoms with Crippen molar-refractivity contribution < 1.29 is 13.6 Å². The number of aromatic nitrogens is 2. The predicted molar refractivity (Wildman–Crippen MR) is 77.7 cm³/mol. The quantitative estimate of drug-likeness (QED) is 0.798. The van der Waals surface area contributed by atoms with Gasteiger partial charge in [-0.1, -0.05) is 25.4 Å². The first-order valence-electron chi connectivity index (χ1n) is 6.90. The monoisotopic (exact) mass is 322 g/mol. The Morgan fingerprint density at radius 2 is 2.05 bits per heavy atom. The van der Waals surface area contributed by atoms with E-state index in [0.29, 0.717) is 12.2 Å². The summed E-state index contributed by atoms with van der Waals surface area (Å²) in [5.74, 6) is -0.273. The maximum absolute atomic E-state index is 12.7. The molecular formula is C13H21ClF2N4O. The molecule has 1 N–H and O–H groups in total. The molecule has 5 nitrogen and oxygen atoms in total. The summed E-state index contributed by atoms with van der Waals surface area (Å²) in [5, 5.41) is 6.35. The highest BCUT2D eigenvalue weighted by Gasteiger charge is 2.21. The largest absolute Gasteiger partial charge is 0.353 e. The Morgan fingerprint density at radius 3 is 2.52 bits per heavy atom. The number of amides is 1. The molecule has 1 heterocycles. The van der Waals surface area contributed by atoms with Crippen molar-refractivity contribution in [1.82, 2.24) is 20.0 Å². The lowest BCUT2D eigenvalue weighted by Gasteiger charge is -2.18. The first-order chi connectivity index (χ1) is 9.90. The highest BCUT2D eigenvalue weighted by atomic mass is 35.5. The second-order valence-corrected chi connectivity index (χ2v) is 5.00. The molecule has 8 heteroatoms. The number of carbonyl (C=O) groups is 1. The summed E-state index contributed by atoms with van der Waals surface area (Å²) in [6.45, 7) is 8.63. The molecule has 0 unspecified atom stereocenters. The number of nitrogens with zero attached hydrogens (tertiary/aromatic N) is 3. The third-order valence-electron chi connectivity index (χ3n) is 3.30. The standard InChI is InChI=1S/C13H21ClF2N4O/c1-4-19(5-2)7-6-17-10(21)8-20-9(3)11(14)12(18-20)13(15)16/h13H,4-8H2,1-3H3,(H,17,21). The Hall–Kier alpha value is -1.21. The van der Waals surface area contributed by atoms with Crippen LogP contribution in [-0.2, 0) is 11.3 Å². The second-order valence-electron chi connectivity index (χ2n) is 4.62. The van der Waals surface area contributed by atoms with Crippen LogP contribution in [-0.4, -0.2) is 46.8 Å². The van der Waals surface area contributed by atoms with Gasteiger partial charge in [-0.25, -0.2) is 8.78 Å². The molecule has 0 saturated heterocycles. The van der Waals surface area contributed by atoms with Crippen LogP contribution < -0.4 is 5.32 Å². The van der Waals surface area contributed by atoms with Gasteiger partial charge in [0.25, 0.3) is 6.43 Å². The molecule has 0 aliphatic carbocycles. The van der Waals surface area contributed by atoms with Gasteiger partial charge < -0.3 is 10.2 Å². The van der Waals surface area contributed by atoms with E-state index in [4.69, 9.17) is 11.6 Å². The normalized spacial score (nSPS) is 11.4. The fourth-order valence-electron chi connectivity index (χ4n) is 1.93. The summed E-state index contributed by atoms with van der Waals surface area (Å²) in [4.78, 5) is 14.0. The SMILES string of the molecule is CCN(CC)CCNC(=O)Cn1nc(C(F)F)c(Cl)c1C. The number of alkyl halides is 2. The number of rotatable bonds is 8. The first-order valence-corrected chi connectivity index (χ1v) is 7.28. The van der Waals surface area contributed by atoms with E-state index in [1.165, 1.54) is 4.68 Å². The summed E-state index contributed by atoms with van der Waals surface area (Å²) < 4.78 is 26.5. The molecule has 0 saturated carbocycles. The molecule has 0 spiro atoms. The maximum Gasteiger partial charge on any atom is 0.283 e. The minimum absolute atomic E-state index is 0.0825. The molecule has 0 aromatic carbocycles. The van der Waals surface area contributed by atoms with Crippen molar-refractivity contribution >= 4 is 17.5 Å². The van der Waals surface area contributed by atoms with E-state index in [-0.39, 0.29) is 17.5 Å². The van der Waals surface area contributed by atoms with Crippen LogP contribution in [0.4, 0.5) is 8.78 Å². The van der Waals surface area contributed by atoms with E-state index < -0.39 is 12.1 Å². The minimum atomic E-state index is -2.75. The van der Waals surface area contributed by atoms with Crippen LogP contribution in [0.25, 0.3) is 0 Å². The van der Waals surface area contributed by atoms with Gasteiger partial charge in [0.15, 0.2) is 0 Å². The van der Waals surface area contributed by atoms with Gasteiger partial charge in [0.1, 0.15) is 12.2 Å². The topological polar surface area (TPSA) is 50.2 Å². The molecule has 0 bridgehead atoms. The summed E-state index contributed by atoms with van der Waals surface area (Å²) >= 11 is 5.77. The van der Waals surface area contributed by atoms with Gasteiger partial charge in [0, 0.05) is 13.1 Å². The lowest BCUT2D eigenvalue weighted by atomic mass is 10.4. The molecule has 0 atom stereocenters. The van der Waals surface area contributed by atoms with Crippen molar-refractivity contribution in [1.29, 1.82) is 0 Å². The number of likely N-dealkylation sites (N-methyl/N-ethyl adjacent to an activating group) is 1. The van der Waals surface area contributed by atoms with Gasteiger partial charge in [-0.2, -0.15) is 5.10 Å². The Morgan fingerprint density at radius 1 is 1.43 bits per heavy atom. The van der Waals surface area contributed by atoms with Crippen molar-refractivity contribution in [2.45, 2.75) is 33.7 Å². The number of hydrogen-bond acceptors (Lipinski definition) is 3. The van der Waals surface area contributed by atoms with Crippen molar-refractivity contribution in [2.75, 3.05) is 26.2 Å². The van der Waals surface area contributed by atoms with Crippen LogP contribution in [0.2, 0.25) is 5.02 Å². The summed E-state index contributed by atoms with van der Waals surface area (Å²) in [7, 11) is 0. The summed E-state index contributed by atoms with van der Waals surface area (Å²) in [5.41, 5.74) is -0.115. The van der Waals surface area contributed by atoms with E-state index in [9.17, 15) is 13.6 Å². The molecule has 0 aliphatic heterocycles. The van der Waals surface area contributed by atoms with Crippen LogP contribution in [0.1, 0.15) is 31.7 Å². The highest BCUT2D eigenvalue weighted by molar-refractivity contribution is 6.31. The Kier molecular flexibility index (Phi) is 7.04. The van der Waals surface area contributed by atoms with E-state index in [0.717, 1.165) is 19.6 Å². The Bertz CT molecular complexity index is 475. The Balaban J connectivity index is 2.54. The van der Waals surface area contributed by atoms with Crippen molar-refractivity contribution in [3.05, 3.63) is 16.4 Å². The molecule has 0 fully saturated rings. The number of halogens is 3. The fraction of sp³-hybridized carbons (Fsp3) is 0.692. The van der Waals surface area contributed by atoms with Gasteiger partial charge >= 0.3 is 0 Å². The van der Waals surface area contributed by atoms with Gasteiger partial charge in [0.05, 0.1) is 10.7 Å². The van der Waals surface area contributed by atoms with Gasteiger partial charge in [-0.15, -0.1) is 0 Å². The van der Waals surface area contributed by atoms with Crippen LogP contribution in [0.5, 0.6) is 0 Å².